The van der Waals surface area contributed by atoms with Gasteiger partial charge in [0, 0.05) is 19.5 Å². The number of ether oxygens (including phenoxy) is 2. The minimum Gasteiger partial charge on any atom is -0.493 e. The van der Waals surface area contributed by atoms with Gasteiger partial charge in [0.15, 0.2) is 11.5 Å². The molecule has 6 heteroatoms. The molecule has 19 heavy (non-hydrogen) atoms. The lowest BCUT2D eigenvalue weighted by Crippen LogP contribution is -2.24. The van der Waals surface area contributed by atoms with Gasteiger partial charge in [-0.05, 0) is 24.6 Å². The van der Waals surface area contributed by atoms with Crippen molar-refractivity contribution in [2.75, 3.05) is 20.3 Å². The third kappa shape index (κ3) is 5.81. The Balaban J connectivity index is 0.00000324. The maximum atomic E-state index is 11.3. The Morgan fingerprint density at radius 1 is 1.37 bits per heavy atom. The van der Waals surface area contributed by atoms with Crippen LogP contribution in [0.2, 0.25) is 0 Å². The molecule has 0 aliphatic carbocycles. The van der Waals surface area contributed by atoms with Crippen molar-refractivity contribution in [3.8, 4) is 11.5 Å². The van der Waals surface area contributed by atoms with E-state index in [-0.39, 0.29) is 18.3 Å². The molecule has 108 valence electrons. The minimum atomic E-state index is -0.0506. The predicted octanol–water partition coefficient (Wildman–Crippen LogP) is 1.48. The molecule has 0 bridgehead atoms. The number of rotatable bonds is 7. The average molecular weight is 289 g/mol. The highest BCUT2D eigenvalue weighted by Crippen LogP contribution is 2.27. The van der Waals surface area contributed by atoms with Crippen molar-refractivity contribution in [3.05, 3.63) is 23.8 Å². The third-order valence-corrected chi connectivity index (χ3v) is 2.39. The Labute approximate surface area is 119 Å². The highest BCUT2D eigenvalue weighted by atomic mass is 35.5. The number of nitrogens with one attached hydrogen (secondary N) is 1. The SMILES string of the molecule is CCOc1ccc(CNC(=O)CCN)cc1OC.Cl. The van der Waals surface area contributed by atoms with Crippen molar-refractivity contribution in [1.82, 2.24) is 5.32 Å². The summed E-state index contributed by atoms with van der Waals surface area (Å²) in [6, 6.07) is 5.59. The normalized spacial score (nSPS) is 9.42. The first kappa shape index (κ1) is 17.5. The molecule has 0 saturated heterocycles. The van der Waals surface area contributed by atoms with E-state index >= 15 is 0 Å². The van der Waals surface area contributed by atoms with Gasteiger partial charge in [-0.3, -0.25) is 4.79 Å². The van der Waals surface area contributed by atoms with Crippen LogP contribution in [0.1, 0.15) is 18.9 Å². The summed E-state index contributed by atoms with van der Waals surface area (Å²) in [5, 5.41) is 2.79. The molecular weight excluding hydrogens is 268 g/mol. The van der Waals surface area contributed by atoms with Gasteiger partial charge >= 0.3 is 0 Å². The molecule has 1 aromatic rings. The van der Waals surface area contributed by atoms with Crippen LogP contribution in [0.25, 0.3) is 0 Å². The minimum absolute atomic E-state index is 0. The molecule has 0 saturated carbocycles. The lowest BCUT2D eigenvalue weighted by atomic mass is 10.2. The first-order chi connectivity index (χ1) is 8.71. The molecule has 1 amide bonds. The first-order valence-corrected chi connectivity index (χ1v) is 5.97. The molecule has 0 fully saturated rings. The van der Waals surface area contributed by atoms with Crippen LogP contribution in [0.15, 0.2) is 18.2 Å². The lowest BCUT2D eigenvalue weighted by molar-refractivity contribution is -0.121. The number of halogens is 1. The summed E-state index contributed by atoms with van der Waals surface area (Å²) in [6.07, 6.45) is 0.341. The fraction of sp³-hybridized carbons (Fsp3) is 0.462. The number of hydrogen-bond donors (Lipinski definition) is 2. The molecule has 5 nitrogen and oxygen atoms in total. The van der Waals surface area contributed by atoms with Gasteiger partial charge in [0.25, 0.3) is 0 Å². The van der Waals surface area contributed by atoms with Crippen LogP contribution in [-0.4, -0.2) is 26.2 Å². The molecule has 0 atom stereocenters. The van der Waals surface area contributed by atoms with E-state index in [1.807, 2.05) is 25.1 Å². The number of amides is 1. The van der Waals surface area contributed by atoms with E-state index in [1.54, 1.807) is 7.11 Å². The molecule has 0 aromatic heterocycles. The molecule has 3 N–H and O–H groups in total. The second-order valence-corrected chi connectivity index (χ2v) is 3.73. The molecule has 0 heterocycles. The van der Waals surface area contributed by atoms with E-state index < -0.39 is 0 Å². The predicted molar refractivity (Wildman–Crippen MR) is 76.9 cm³/mol. The Hall–Kier alpha value is -1.46. The van der Waals surface area contributed by atoms with Crippen LogP contribution >= 0.6 is 12.4 Å². The van der Waals surface area contributed by atoms with Crippen molar-refractivity contribution in [3.63, 3.8) is 0 Å². The molecule has 1 rings (SSSR count). The monoisotopic (exact) mass is 288 g/mol. The molecule has 0 radical (unpaired) electrons. The average Bonchev–Trinajstić information content (AvgIpc) is 2.38. The summed E-state index contributed by atoms with van der Waals surface area (Å²) >= 11 is 0. The van der Waals surface area contributed by atoms with Crippen LogP contribution in [0, 0.1) is 0 Å². The topological polar surface area (TPSA) is 73.6 Å². The number of hydrogen-bond acceptors (Lipinski definition) is 4. The first-order valence-electron chi connectivity index (χ1n) is 5.97. The second-order valence-electron chi connectivity index (χ2n) is 3.73. The Morgan fingerprint density at radius 2 is 2.11 bits per heavy atom. The zero-order valence-corrected chi connectivity index (χ0v) is 12.1. The smallest absolute Gasteiger partial charge is 0.221 e. The van der Waals surface area contributed by atoms with Gasteiger partial charge in [-0.2, -0.15) is 0 Å². The standard InChI is InChI=1S/C13H20N2O3.ClH/c1-3-18-11-5-4-10(8-12(11)17-2)9-15-13(16)6-7-14;/h4-5,8H,3,6-7,9,14H2,1-2H3,(H,15,16);1H. The van der Waals surface area contributed by atoms with Crippen LogP contribution < -0.4 is 20.5 Å². The Morgan fingerprint density at radius 3 is 2.68 bits per heavy atom. The number of benzene rings is 1. The van der Waals surface area contributed by atoms with Crippen molar-refractivity contribution < 1.29 is 14.3 Å². The van der Waals surface area contributed by atoms with E-state index in [1.165, 1.54) is 0 Å². The summed E-state index contributed by atoms with van der Waals surface area (Å²) in [7, 11) is 1.59. The van der Waals surface area contributed by atoms with E-state index in [9.17, 15) is 4.79 Å². The van der Waals surface area contributed by atoms with Crippen molar-refractivity contribution >= 4 is 18.3 Å². The van der Waals surface area contributed by atoms with Gasteiger partial charge in [-0.15, -0.1) is 12.4 Å². The third-order valence-electron chi connectivity index (χ3n) is 2.39. The summed E-state index contributed by atoms with van der Waals surface area (Å²) in [5.41, 5.74) is 6.26. The van der Waals surface area contributed by atoms with Crippen molar-refractivity contribution in [1.29, 1.82) is 0 Å². The summed E-state index contributed by atoms with van der Waals surface area (Å²) < 4.78 is 10.7. The van der Waals surface area contributed by atoms with Gasteiger partial charge < -0.3 is 20.5 Å². The molecule has 0 aliphatic heterocycles. The molecule has 0 aliphatic rings. The van der Waals surface area contributed by atoms with E-state index in [0.717, 1.165) is 5.56 Å². The van der Waals surface area contributed by atoms with Gasteiger partial charge in [0.1, 0.15) is 0 Å². The number of carbonyl (C=O) groups excluding carboxylic acids is 1. The summed E-state index contributed by atoms with van der Waals surface area (Å²) in [5.74, 6) is 1.32. The number of carbonyl (C=O) groups is 1. The van der Waals surface area contributed by atoms with E-state index in [0.29, 0.717) is 37.6 Å². The quantitative estimate of drug-likeness (QED) is 0.797. The highest BCUT2D eigenvalue weighted by molar-refractivity contribution is 5.85. The van der Waals surface area contributed by atoms with Crippen molar-refractivity contribution in [2.45, 2.75) is 19.9 Å². The summed E-state index contributed by atoms with van der Waals surface area (Å²) in [6.45, 7) is 3.32. The van der Waals surface area contributed by atoms with Crippen LogP contribution in [0.3, 0.4) is 0 Å². The van der Waals surface area contributed by atoms with Crippen LogP contribution in [-0.2, 0) is 11.3 Å². The van der Waals surface area contributed by atoms with Crippen LogP contribution in [0.5, 0.6) is 11.5 Å². The molecular formula is C13H21ClN2O3. The Kier molecular flexibility index (Phi) is 8.74. The number of methoxy groups -OCH3 is 1. The largest absolute Gasteiger partial charge is 0.493 e. The van der Waals surface area contributed by atoms with Crippen LogP contribution in [0.4, 0.5) is 0 Å². The van der Waals surface area contributed by atoms with E-state index in [4.69, 9.17) is 15.2 Å². The van der Waals surface area contributed by atoms with Gasteiger partial charge in [-0.1, -0.05) is 6.07 Å². The highest BCUT2D eigenvalue weighted by Gasteiger charge is 2.06. The fourth-order valence-electron chi connectivity index (χ4n) is 1.52. The number of nitrogens with two attached hydrogens (primary N) is 1. The maximum absolute atomic E-state index is 11.3. The van der Waals surface area contributed by atoms with Gasteiger partial charge in [0.2, 0.25) is 5.91 Å². The second kappa shape index (κ2) is 9.47. The van der Waals surface area contributed by atoms with Crippen molar-refractivity contribution in [2.24, 2.45) is 5.73 Å². The maximum Gasteiger partial charge on any atom is 0.221 e. The van der Waals surface area contributed by atoms with Gasteiger partial charge in [-0.25, -0.2) is 0 Å². The lowest BCUT2D eigenvalue weighted by Gasteiger charge is -2.11. The zero-order valence-electron chi connectivity index (χ0n) is 11.3. The van der Waals surface area contributed by atoms with E-state index in [2.05, 4.69) is 5.32 Å². The zero-order chi connectivity index (χ0) is 13.4. The fourth-order valence-corrected chi connectivity index (χ4v) is 1.52. The molecule has 0 unspecified atom stereocenters. The molecule has 1 aromatic carbocycles. The summed E-state index contributed by atoms with van der Waals surface area (Å²) in [4.78, 5) is 11.3. The van der Waals surface area contributed by atoms with Gasteiger partial charge in [0.05, 0.1) is 13.7 Å². The molecule has 0 spiro atoms. The Bertz CT molecular complexity index is 399.